The first kappa shape index (κ1) is 17.1. The first-order valence-corrected chi connectivity index (χ1v) is 10.2. The molecule has 0 atom stereocenters. The molecule has 0 saturated carbocycles. The fraction of sp³-hybridized carbons (Fsp3) is 0.385. The lowest BCUT2D eigenvalue weighted by Crippen LogP contribution is -2.36. The fourth-order valence-corrected chi connectivity index (χ4v) is 6.77. The van der Waals surface area contributed by atoms with E-state index in [9.17, 15) is 13.5 Å². The van der Waals surface area contributed by atoms with Gasteiger partial charge in [0.05, 0.1) is 10.4 Å². The first-order valence-electron chi connectivity index (χ1n) is 6.29. The number of hydrogen-bond donors (Lipinski definition) is 1. The second-order valence-electron chi connectivity index (χ2n) is 4.73. The smallest absolute Gasteiger partial charge is 0.245 e. The number of aliphatic hydroxyl groups is 1. The maximum atomic E-state index is 12.9. The van der Waals surface area contributed by atoms with Crippen molar-refractivity contribution in [3.8, 4) is 0 Å². The summed E-state index contributed by atoms with van der Waals surface area (Å²) in [6, 6.07) is 5.22. The number of rotatable bonds is 6. The van der Waals surface area contributed by atoms with E-state index in [4.69, 9.17) is 0 Å². The molecule has 2 aromatic heterocycles. The zero-order chi connectivity index (χ0) is 15.6. The molecule has 8 heteroatoms. The Morgan fingerprint density at radius 2 is 2.10 bits per heavy atom. The molecule has 4 nitrogen and oxygen atoms in total. The third kappa shape index (κ3) is 3.75. The molecule has 116 valence electrons. The van der Waals surface area contributed by atoms with Gasteiger partial charge in [-0.1, -0.05) is 6.07 Å². The van der Waals surface area contributed by atoms with Gasteiger partial charge in [-0.3, -0.25) is 0 Å². The average Bonchev–Trinajstić information content (AvgIpc) is 3.04. The predicted octanol–water partition coefficient (Wildman–Crippen LogP) is 3.66. The molecule has 0 unspecified atom stereocenters. The summed E-state index contributed by atoms with van der Waals surface area (Å²) in [5.74, 6) is 0. The van der Waals surface area contributed by atoms with E-state index in [2.05, 4.69) is 15.9 Å². The lowest BCUT2D eigenvalue weighted by Gasteiger charge is -2.25. The van der Waals surface area contributed by atoms with Crippen LogP contribution in [0.2, 0.25) is 0 Å². The minimum atomic E-state index is -3.60. The van der Waals surface area contributed by atoms with Gasteiger partial charge >= 0.3 is 0 Å². The van der Waals surface area contributed by atoms with Crippen LogP contribution in [-0.2, 0) is 23.2 Å². The number of nitrogens with zero attached hydrogens (tertiary/aromatic N) is 1. The van der Waals surface area contributed by atoms with Crippen molar-refractivity contribution in [3.05, 3.63) is 37.1 Å². The average molecular weight is 410 g/mol. The SMILES string of the molecule is CC(C)N(Cc1cccs1)S(=O)(=O)c1cc(CO)sc1Br. The van der Waals surface area contributed by atoms with Crippen LogP contribution in [-0.4, -0.2) is 23.9 Å². The van der Waals surface area contributed by atoms with Gasteiger partial charge in [0.15, 0.2) is 0 Å². The molecule has 0 aliphatic rings. The summed E-state index contributed by atoms with van der Waals surface area (Å²) in [6.07, 6.45) is 0. The van der Waals surface area contributed by atoms with E-state index in [-0.39, 0.29) is 17.5 Å². The number of halogens is 1. The molecule has 0 amide bonds. The fourth-order valence-electron chi connectivity index (χ4n) is 1.88. The zero-order valence-corrected chi connectivity index (χ0v) is 15.7. The summed E-state index contributed by atoms with van der Waals surface area (Å²) in [4.78, 5) is 1.85. The molecule has 2 rings (SSSR count). The highest BCUT2D eigenvalue weighted by atomic mass is 79.9. The second kappa shape index (κ2) is 6.89. The van der Waals surface area contributed by atoms with Crippen LogP contribution in [0.1, 0.15) is 23.6 Å². The second-order valence-corrected chi connectivity index (χ2v) is 10.1. The van der Waals surface area contributed by atoms with Gasteiger partial charge in [0.25, 0.3) is 0 Å². The maximum Gasteiger partial charge on any atom is 0.245 e. The number of aliphatic hydroxyl groups excluding tert-OH is 1. The quantitative estimate of drug-likeness (QED) is 0.791. The van der Waals surface area contributed by atoms with Crippen molar-refractivity contribution >= 4 is 48.6 Å². The molecule has 2 aromatic rings. The predicted molar refractivity (Wildman–Crippen MR) is 90.1 cm³/mol. The van der Waals surface area contributed by atoms with Crippen LogP contribution in [0.25, 0.3) is 0 Å². The van der Waals surface area contributed by atoms with Crippen LogP contribution in [0.5, 0.6) is 0 Å². The minimum absolute atomic E-state index is 0.151. The maximum absolute atomic E-state index is 12.9. The molecule has 1 N–H and O–H groups in total. The van der Waals surface area contributed by atoms with Crippen molar-refractivity contribution in [1.82, 2.24) is 4.31 Å². The van der Waals surface area contributed by atoms with Gasteiger partial charge in [0.1, 0.15) is 4.90 Å². The van der Waals surface area contributed by atoms with Gasteiger partial charge in [0, 0.05) is 22.3 Å². The Morgan fingerprint density at radius 3 is 2.57 bits per heavy atom. The third-order valence-electron chi connectivity index (χ3n) is 2.92. The van der Waals surface area contributed by atoms with Gasteiger partial charge in [-0.25, -0.2) is 8.42 Å². The molecule has 0 saturated heterocycles. The van der Waals surface area contributed by atoms with Crippen LogP contribution in [0.4, 0.5) is 0 Å². The van der Waals surface area contributed by atoms with Crippen LogP contribution in [0.3, 0.4) is 0 Å². The van der Waals surface area contributed by atoms with E-state index in [0.717, 1.165) is 4.88 Å². The molecule has 0 aromatic carbocycles. The molecule has 2 heterocycles. The van der Waals surface area contributed by atoms with Gasteiger partial charge in [-0.15, -0.1) is 22.7 Å². The Balaban J connectivity index is 2.39. The monoisotopic (exact) mass is 409 g/mol. The lowest BCUT2D eigenvalue weighted by molar-refractivity contribution is 0.285. The molecule has 21 heavy (non-hydrogen) atoms. The van der Waals surface area contributed by atoms with E-state index < -0.39 is 10.0 Å². The van der Waals surface area contributed by atoms with E-state index in [1.54, 1.807) is 0 Å². The summed E-state index contributed by atoms with van der Waals surface area (Å²) in [5.41, 5.74) is 0. The molecule has 0 spiro atoms. The van der Waals surface area contributed by atoms with Gasteiger partial charge in [-0.05, 0) is 47.3 Å². The molecule has 0 bridgehead atoms. The Bertz CT molecular complexity index is 692. The molecular formula is C13H16BrNO3S3. The number of sulfonamides is 1. The highest BCUT2D eigenvalue weighted by molar-refractivity contribution is 9.11. The van der Waals surface area contributed by atoms with Crippen molar-refractivity contribution in [3.63, 3.8) is 0 Å². The normalized spacial score (nSPS) is 12.5. The molecule has 0 radical (unpaired) electrons. The summed E-state index contributed by atoms with van der Waals surface area (Å²) < 4.78 is 27.8. The molecule has 0 aliphatic carbocycles. The Labute approximate surface area is 141 Å². The first-order chi connectivity index (χ1) is 9.86. The topological polar surface area (TPSA) is 57.6 Å². The van der Waals surface area contributed by atoms with Crippen LogP contribution in [0, 0.1) is 0 Å². The number of thiophene rings is 2. The summed E-state index contributed by atoms with van der Waals surface area (Å²) in [7, 11) is -3.60. The van der Waals surface area contributed by atoms with Crippen molar-refractivity contribution in [2.75, 3.05) is 0 Å². The van der Waals surface area contributed by atoms with Crippen LogP contribution < -0.4 is 0 Å². The largest absolute Gasteiger partial charge is 0.391 e. The van der Waals surface area contributed by atoms with E-state index in [1.807, 2.05) is 31.4 Å². The van der Waals surface area contributed by atoms with E-state index >= 15 is 0 Å². The molecule has 0 aliphatic heterocycles. The van der Waals surface area contributed by atoms with E-state index in [0.29, 0.717) is 15.2 Å². The number of hydrogen-bond acceptors (Lipinski definition) is 5. The van der Waals surface area contributed by atoms with Crippen molar-refractivity contribution in [1.29, 1.82) is 0 Å². The highest BCUT2D eigenvalue weighted by Crippen LogP contribution is 2.35. The van der Waals surface area contributed by atoms with Crippen molar-refractivity contribution in [2.45, 2.75) is 37.9 Å². The lowest BCUT2D eigenvalue weighted by atomic mass is 10.4. The van der Waals surface area contributed by atoms with Crippen LogP contribution in [0.15, 0.2) is 32.3 Å². The zero-order valence-electron chi connectivity index (χ0n) is 11.6. The minimum Gasteiger partial charge on any atom is -0.391 e. The van der Waals surface area contributed by atoms with Crippen molar-refractivity contribution in [2.24, 2.45) is 0 Å². The summed E-state index contributed by atoms with van der Waals surface area (Å²) in [6.45, 7) is 3.91. The summed E-state index contributed by atoms with van der Waals surface area (Å²) in [5, 5.41) is 11.1. The third-order valence-corrected chi connectivity index (χ3v) is 8.04. The Kier molecular flexibility index (Phi) is 5.61. The van der Waals surface area contributed by atoms with Gasteiger partial charge in [0.2, 0.25) is 10.0 Å². The Morgan fingerprint density at radius 1 is 1.38 bits per heavy atom. The van der Waals surface area contributed by atoms with Gasteiger partial charge in [-0.2, -0.15) is 4.31 Å². The standard InChI is InChI=1S/C13H16BrNO3S3/c1-9(2)15(7-10-4-3-5-19-10)21(17,18)12-6-11(8-16)20-13(12)14/h3-6,9,16H,7-8H2,1-2H3. The summed E-state index contributed by atoms with van der Waals surface area (Å²) >= 11 is 6.07. The highest BCUT2D eigenvalue weighted by Gasteiger charge is 2.30. The molecule has 0 fully saturated rings. The van der Waals surface area contributed by atoms with E-state index in [1.165, 1.54) is 33.0 Å². The van der Waals surface area contributed by atoms with Crippen molar-refractivity contribution < 1.29 is 13.5 Å². The molecular weight excluding hydrogens is 394 g/mol. The Hall–Kier alpha value is -0.250. The van der Waals surface area contributed by atoms with Crippen LogP contribution >= 0.6 is 38.6 Å². The van der Waals surface area contributed by atoms with Gasteiger partial charge < -0.3 is 5.11 Å².